The minimum atomic E-state index is 0.390. The van der Waals surface area contributed by atoms with Crippen LogP contribution < -0.4 is 5.32 Å². The van der Waals surface area contributed by atoms with E-state index in [0.717, 1.165) is 30.8 Å². The molecule has 0 radical (unpaired) electrons. The van der Waals surface area contributed by atoms with Gasteiger partial charge in [0.05, 0.1) is 0 Å². The highest BCUT2D eigenvalue weighted by molar-refractivity contribution is 4.83. The van der Waals surface area contributed by atoms with Crippen LogP contribution in [0.4, 0.5) is 0 Å². The summed E-state index contributed by atoms with van der Waals surface area (Å²) >= 11 is 0. The number of likely N-dealkylation sites (tertiary alicyclic amines) is 1. The van der Waals surface area contributed by atoms with Crippen LogP contribution in [0.15, 0.2) is 0 Å². The Morgan fingerprint density at radius 2 is 1.89 bits per heavy atom. The zero-order chi connectivity index (χ0) is 13.8. The molecule has 0 aliphatic carbocycles. The molecule has 1 rings (SSSR count). The second-order valence-electron chi connectivity index (χ2n) is 7.72. The molecule has 1 saturated heterocycles. The predicted octanol–water partition coefficient (Wildman–Crippen LogP) is 3.24. The zero-order valence-corrected chi connectivity index (χ0v) is 13.4. The number of rotatable bonds is 7. The lowest BCUT2D eigenvalue weighted by atomic mass is 9.92. The van der Waals surface area contributed by atoms with Crippen molar-refractivity contribution in [3.05, 3.63) is 0 Å². The molecule has 1 aliphatic rings. The minimum absolute atomic E-state index is 0.390. The van der Waals surface area contributed by atoms with E-state index in [-0.39, 0.29) is 0 Å². The topological polar surface area (TPSA) is 15.3 Å². The van der Waals surface area contributed by atoms with E-state index in [2.05, 4.69) is 51.8 Å². The lowest BCUT2D eigenvalue weighted by Crippen LogP contribution is -2.40. The summed E-state index contributed by atoms with van der Waals surface area (Å²) in [6.07, 6.45) is 1.40. The summed E-state index contributed by atoms with van der Waals surface area (Å²) in [7, 11) is 0. The van der Waals surface area contributed by atoms with Crippen molar-refractivity contribution in [2.45, 2.75) is 48.0 Å². The number of hydrogen-bond donors (Lipinski definition) is 1. The highest BCUT2D eigenvalue weighted by Crippen LogP contribution is 2.26. The standard InChI is InChI=1S/C16H34N2/c1-13(2)9-17-11-16(5,6)12-18-8-7-15(10-18)14(3)4/h13-15,17H,7-12H2,1-6H3. The van der Waals surface area contributed by atoms with Crippen molar-refractivity contribution in [2.75, 3.05) is 32.7 Å². The van der Waals surface area contributed by atoms with Crippen LogP contribution in [0, 0.1) is 23.2 Å². The van der Waals surface area contributed by atoms with E-state index in [1.165, 1.54) is 26.1 Å². The van der Waals surface area contributed by atoms with Crippen molar-refractivity contribution in [3.8, 4) is 0 Å². The first-order valence-corrected chi connectivity index (χ1v) is 7.73. The number of hydrogen-bond acceptors (Lipinski definition) is 2. The van der Waals surface area contributed by atoms with Crippen molar-refractivity contribution in [2.24, 2.45) is 23.2 Å². The van der Waals surface area contributed by atoms with Crippen molar-refractivity contribution in [1.29, 1.82) is 0 Å². The van der Waals surface area contributed by atoms with E-state index in [1.54, 1.807) is 0 Å². The Hall–Kier alpha value is -0.0800. The van der Waals surface area contributed by atoms with E-state index in [4.69, 9.17) is 0 Å². The van der Waals surface area contributed by atoms with Gasteiger partial charge in [-0.15, -0.1) is 0 Å². The van der Waals surface area contributed by atoms with Crippen LogP contribution in [0.5, 0.6) is 0 Å². The zero-order valence-electron chi connectivity index (χ0n) is 13.4. The van der Waals surface area contributed by atoms with E-state index < -0.39 is 0 Å². The molecule has 2 nitrogen and oxygen atoms in total. The maximum Gasteiger partial charge on any atom is 0.00449 e. The molecule has 2 heteroatoms. The minimum Gasteiger partial charge on any atom is -0.316 e. The largest absolute Gasteiger partial charge is 0.316 e. The lowest BCUT2D eigenvalue weighted by molar-refractivity contribution is 0.193. The summed E-state index contributed by atoms with van der Waals surface area (Å²) in [6, 6.07) is 0. The van der Waals surface area contributed by atoms with Crippen LogP contribution >= 0.6 is 0 Å². The molecule has 1 N–H and O–H groups in total. The molecule has 0 aromatic rings. The number of nitrogens with one attached hydrogen (secondary N) is 1. The highest BCUT2D eigenvalue weighted by atomic mass is 15.2. The van der Waals surface area contributed by atoms with Gasteiger partial charge < -0.3 is 10.2 Å². The van der Waals surface area contributed by atoms with Gasteiger partial charge in [-0.1, -0.05) is 41.5 Å². The van der Waals surface area contributed by atoms with E-state index >= 15 is 0 Å². The van der Waals surface area contributed by atoms with Crippen LogP contribution in [-0.2, 0) is 0 Å². The van der Waals surface area contributed by atoms with Gasteiger partial charge in [-0.25, -0.2) is 0 Å². The van der Waals surface area contributed by atoms with Crippen molar-refractivity contribution < 1.29 is 0 Å². The van der Waals surface area contributed by atoms with Gasteiger partial charge in [0.25, 0.3) is 0 Å². The summed E-state index contributed by atoms with van der Waals surface area (Å²) in [6.45, 7) is 20.2. The fraction of sp³-hybridized carbons (Fsp3) is 1.00. The van der Waals surface area contributed by atoms with Crippen LogP contribution in [0.25, 0.3) is 0 Å². The summed E-state index contributed by atoms with van der Waals surface area (Å²) in [5, 5.41) is 3.61. The van der Waals surface area contributed by atoms with E-state index in [0.29, 0.717) is 5.41 Å². The Kier molecular flexibility index (Phi) is 6.13. The van der Waals surface area contributed by atoms with Crippen molar-refractivity contribution in [1.82, 2.24) is 10.2 Å². The molecule has 0 spiro atoms. The molecular formula is C16H34N2. The van der Waals surface area contributed by atoms with Crippen molar-refractivity contribution in [3.63, 3.8) is 0 Å². The van der Waals surface area contributed by atoms with Gasteiger partial charge in [0, 0.05) is 19.6 Å². The molecule has 1 atom stereocenters. The first kappa shape index (κ1) is 16.0. The molecular weight excluding hydrogens is 220 g/mol. The van der Waals surface area contributed by atoms with Gasteiger partial charge >= 0.3 is 0 Å². The molecule has 0 amide bonds. The van der Waals surface area contributed by atoms with Gasteiger partial charge in [0.15, 0.2) is 0 Å². The smallest absolute Gasteiger partial charge is 0.00449 e. The molecule has 0 aromatic heterocycles. The van der Waals surface area contributed by atoms with Crippen LogP contribution in [0.3, 0.4) is 0 Å². The van der Waals surface area contributed by atoms with Crippen molar-refractivity contribution >= 4 is 0 Å². The monoisotopic (exact) mass is 254 g/mol. The molecule has 0 aromatic carbocycles. The molecule has 108 valence electrons. The van der Waals surface area contributed by atoms with Crippen LogP contribution in [0.2, 0.25) is 0 Å². The summed E-state index contributed by atoms with van der Waals surface area (Å²) in [5.74, 6) is 2.51. The maximum atomic E-state index is 3.61. The third-order valence-electron chi connectivity index (χ3n) is 4.06. The summed E-state index contributed by atoms with van der Waals surface area (Å²) < 4.78 is 0. The lowest BCUT2D eigenvalue weighted by Gasteiger charge is -2.31. The third-order valence-corrected chi connectivity index (χ3v) is 4.06. The highest BCUT2D eigenvalue weighted by Gasteiger charge is 2.29. The SMILES string of the molecule is CC(C)CNCC(C)(C)CN1CCC(C(C)C)C1. The van der Waals surface area contributed by atoms with E-state index in [1.807, 2.05) is 0 Å². The summed E-state index contributed by atoms with van der Waals surface area (Å²) in [4.78, 5) is 2.67. The average molecular weight is 254 g/mol. The number of nitrogens with zero attached hydrogens (tertiary/aromatic N) is 1. The Balaban J connectivity index is 2.28. The molecule has 1 heterocycles. The molecule has 1 unspecified atom stereocenters. The molecule has 0 bridgehead atoms. The Bertz CT molecular complexity index is 233. The Morgan fingerprint density at radius 3 is 2.39 bits per heavy atom. The molecule has 18 heavy (non-hydrogen) atoms. The average Bonchev–Trinajstić information content (AvgIpc) is 2.64. The van der Waals surface area contributed by atoms with Gasteiger partial charge in [-0.05, 0) is 42.7 Å². The first-order valence-electron chi connectivity index (χ1n) is 7.73. The fourth-order valence-corrected chi connectivity index (χ4v) is 2.91. The van der Waals surface area contributed by atoms with Gasteiger partial charge in [-0.3, -0.25) is 0 Å². The second-order valence-corrected chi connectivity index (χ2v) is 7.72. The normalized spacial score (nSPS) is 22.3. The van der Waals surface area contributed by atoms with E-state index in [9.17, 15) is 0 Å². The van der Waals surface area contributed by atoms with Gasteiger partial charge in [0.1, 0.15) is 0 Å². The van der Waals surface area contributed by atoms with Gasteiger partial charge in [0.2, 0.25) is 0 Å². The quantitative estimate of drug-likeness (QED) is 0.750. The molecule has 1 fully saturated rings. The third kappa shape index (κ3) is 5.71. The first-order chi connectivity index (χ1) is 8.30. The predicted molar refractivity (Wildman–Crippen MR) is 80.9 cm³/mol. The summed E-state index contributed by atoms with van der Waals surface area (Å²) in [5.41, 5.74) is 0.390. The van der Waals surface area contributed by atoms with Crippen LogP contribution in [0.1, 0.15) is 48.0 Å². The maximum absolute atomic E-state index is 3.61. The van der Waals surface area contributed by atoms with Crippen LogP contribution in [-0.4, -0.2) is 37.6 Å². The Morgan fingerprint density at radius 1 is 1.22 bits per heavy atom. The van der Waals surface area contributed by atoms with Gasteiger partial charge in [-0.2, -0.15) is 0 Å². The fourth-order valence-electron chi connectivity index (χ4n) is 2.91. The molecule has 0 saturated carbocycles. The molecule has 1 aliphatic heterocycles. The second kappa shape index (κ2) is 6.91. The Labute approximate surface area is 115 Å².